The van der Waals surface area contributed by atoms with E-state index in [1.54, 1.807) is 12.4 Å². The molecule has 2 aromatic rings. The fourth-order valence-corrected chi connectivity index (χ4v) is 2.57. The third-order valence-electron chi connectivity index (χ3n) is 3.59. The minimum Gasteiger partial charge on any atom is -0.352 e. The smallest absolute Gasteiger partial charge is 0.251 e. The van der Waals surface area contributed by atoms with Crippen molar-refractivity contribution in [1.82, 2.24) is 20.6 Å². The van der Waals surface area contributed by atoms with Crippen molar-refractivity contribution in [2.75, 3.05) is 13.1 Å². The predicted molar refractivity (Wildman–Crippen MR) is 76.5 cm³/mol. The summed E-state index contributed by atoms with van der Waals surface area (Å²) < 4.78 is 0. The van der Waals surface area contributed by atoms with Crippen molar-refractivity contribution < 1.29 is 4.79 Å². The molecule has 0 spiro atoms. The van der Waals surface area contributed by atoms with E-state index in [0.29, 0.717) is 6.54 Å². The van der Waals surface area contributed by atoms with Gasteiger partial charge in [-0.05, 0) is 30.2 Å². The zero-order valence-electron chi connectivity index (χ0n) is 11.3. The molecule has 0 saturated heterocycles. The van der Waals surface area contributed by atoms with Gasteiger partial charge in [0.2, 0.25) is 0 Å². The largest absolute Gasteiger partial charge is 0.352 e. The van der Waals surface area contributed by atoms with Crippen molar-refractivity contribution in [2.45, 2.75) is 19.4 Å². The van der Waals surface area contributed by atoms with Gasteiger partial charge in [0.15, 0.2) is 0 Å². The van der Waals surface area contributed by atoms with Gasteiger partial charge in [0.05, 0.1) is 0 Å². The number of hydrogen-bond donors (Lipinski definition) is 3. The van der Waals surface area contributed by atoms with Gasteiger partial charge in [-0.3, -0.25) is 4.79 Å². The Kier molecular flexibility index (Phi) is 3.78. The van der Waals surface area contributed by atoms with Crippen LogP contribution in [-0.2, 0) is 19.4 Å². The van der Waals surface area contributed by atoms with Gasteiger partial charge in [-0.1, -0.05) is 12.1 Å². The molecule has 0 radical (unpaired) electrons. The van der Waals surface area contributed by atoms with Crippen LogP contribution in [0.15, 0.2) is 30.6 Å². The fraction of sp³-hybridized carbons (Fsp3) is 0.333. The molecule has 3 N–H and O–H groups in total. The lowest BCUT2D eigenvalue weighted by atomic mass is 9.95. The molecular formula is C15H18N4O. The van der Waals surface area contributed by atoms with Gasteiger partial charge in [-0.25, -0.2) is 4.98 Å². The number of rotatable bonds is 4. The SMILES string of the molecule is O=C(NCCc1ncc[nH]1)c1cccc2c1CCNC2. The number of benzene rings is 1. The molecule has 5 nitrogen and oxygen atoms in total. The number of H-pyrrole nitrogens is 1. The molecule has 1 aromatic heterocycles. The summed E-state index contributed by atoms with van der Waals surface area (Å²) in [6, 6.07) is 5.95. The Balaban J connectivity index is 1.65. The van der Waals surface area contributed by atoms with Crippen molar-refractivity contribution >= 4 is 5.91 Å². The highest BCUT2D eigenvalue weighted by atomic mass is 16.1. The van der Waals surface area contributed by atoms with E-state index in [-0.39, 0.29) is 5.91 Å². The minimum atomic E-state index is 0.00954. The number of aromatic nitrogens is 2. The van der Waals surface area contributed by atoms with Crippen LogP contribution < -0.4 is 10.6 Å². The monoisotopic (exact) mass is 270 g/mol. The molecule has 1 amide bonds. The zero-order valence-corrected chi connectivity index (χ0v) is 11.3. The molecule has 1 aliphatic heterocycles. The van der Waals surface area contributed by atoms with Crippen LogP contribution in [0.25, 0.3) is 0 Å². The summed E-state index contributed by atoms with van der Waals surface area (Å²) in [5.74, 6) is 0.903. The van der Waals surface area contributed by atoms with Crippen molar-refractivity contribution in [3.63, 3.8) is 0 Å². The Bertz CT molecular complexity index is 592. The quantitative estimate of drug-likeness (QED) is 0.777. The Morgan fingerprint density at radius 2 is 2.35 bits per heavy atom. The summed E-state index contributed by atoms with van der Waals surface area (Å²) in [5.41, 5.74) is 3.22. The van der Waals surface area contributed by atoms with E-state index in [4.69, 9.17) is 0 Å². The first-order valence-electron chi connectivity index (χ1n) is 6.92. The summed E-state index contributed by atoms with van der Waals surface area (Å²) in [4.78, 5) is 19.5. The zero-order chi connectivity index (χ0) is 13.8. The fourth-order valence-electron chi connectivity index (χ4n) is 2.57. The van der Waals surface area contributed by atoms with E-state index in [0.717, 1.165) is 37.3 Å². The first kappa shape index (κ1) is 12.9. The van der Waals surface area contributed by atoms with E-state index >= 15 is 0 Å². The van der Waals surface area contributed by atoms with Gasteiger partial charge in [0.25, 0.3) is 5.91 Å². The number of imidazole rings is 1. The molecule has 5 heteroatoms. The standard InChI is InChI=1S/C15H18N4O/c20-15(19-7-5-14-17-8-9-18-14)13-3-1-2-11-10-16-6-4-12(11)13/h1-3,8-9,16H,4-7,10H2,(H,17,18)(H,19,20). The Morgan fingerprint density at radius 1 is 1.40 bits per heavy atom. The summed E-state index contributed by atoms with van der Waals surface area (Å²) >= 11 is 0. The maximum Gasteiger partial charge on any atom is 0.251 e. The van der Waals surface area contributed by atoms with Crippen LogP contribution in [0.3, 0.4) is 0 Å². The van der Waals surface area contributed by atoms with Crippen molar-refractivity contribution in [2.24, 2.45) is 0 Å². The van der Waals surface area contributed by atoms with E-state index in [1.807, 2.05) is 12.1 Å². The van der Waals surface area contributed by atoms with Crippen molar-refractivity contribution in [3.05, 3.63) is 53.1 Å². The van der Waals surface area contributed by atoms with Crippen LogP contribution in [0, 0.1) is 0 Å². The molecule has 0 atom stereocenters. The third kappa shape index (κ3) is 2.72. The topological polar surface area (TPSA) is 69.8 Å². The lowest BCUT2D eigenvalue weighted by Gasteiger charge is -2.19. The second kappa shape index (κ2) is 5.88. The van der Waals surface area contributed by atoms with Crippen LogP contribution >= 0.6 is 0 Å². The minimum absolute atomic E-state index is 0.00954. The maximum atomic E-state index is 12.3. The molecule has 0 aliphatic carbocycles. The molecule has 0 saturated carbocycles. The number of nitrogens with zero attached hydrogens (tertiary/aromatic N) is 1. The first-order chi connectivity index (χ1) is 9.84. The second-order valence-corrected chi connectivity index (χ2v) is 4.91. The first-order valence-corrected chi connectivity index (χ1v) is 6.92. The van der Waals surface area contributed by atoms with Gasteiger partial charge in [-0.15, -0.1) is 0 Å². The Labute approximate surface area is 117 Å². The average Bonchev–Trinajstić information content (AvgIpc) is 3.00. The molecule has 20 heavy (non-hydrogen) atoms. The number of amides is 1. The lowest BCUT2D eigenvalue weighted by molar-refractivity contribution is 0.0953. The molecule has 1 aliphatic rings. The van der Waals surface area contributed by atoms with Gasteiger partial charge in [0, 0.05) is 37.5 Å². The number of fused-ring (bicyclic) bond motifs is 1. The summed E-state index contributed by atoms with van der Waals surface area (Å²) in [5, 5.41) is 6.29. The number of carbonyl (C=O) groups is 1. The van der Waals surface area contributed by atoms with E-state index in [2.05, 4.69) is 26.7 Å². The van der Waals surface area contributed by atoms with Crippen LogP contribution in [0.4, 0.5) is 0 Å². The molecule has 3 rings (SSSR count). The lowest BCUT2D eigenvalue weighted by Crippen LogP contribution is -2.30. The van der Waals surface area contributed by atoms with E-state index in [1.165, 1.54) is 11.1 Å². The molecule has 0 bridgehead atoms. The molecule has 2 heterocycles. The predicted octanol–water partition coefficient (Wildman–Crippen LogP) is 1.03. The molecule has 1 aromatic carbocycles. The van der Waals surface area contributed by atoms with Crippen LogP contribution in [0.1, 0.15) is 27.3 Å². The highest BCUT2D eigenvalue weighted by Gasteiger charge is 2.16. The van der Waals surface area contributed by atoms with Crippen LogP contribution in [-0.4, -0.2) is 29.0 Å². The highest BCUT2D eigenvalue weighted by Crippen LogP contribution is 2.18. The Hall–Kier alpha value is -2.14. The normalized spacial score (nSPS) is 13.8. The second-order valence-electron chi connectivity index (χ2n) is 4.91. The van der Waals surface area contributed by atoms with Gasteiger partial charge < -0.3 is 15.6 Å². The van der Waals surface area contributed by atoms with E-state index in [9.17, 15) is 4.79 Å². The van der Waals surface area contributed by atoms with E-state index < -0.39 is 0 Å². The van der Waals surface area contributed by atoms with Gasteiger partial charge >= 0.3 is 0 Å². The summed E-state index contributed by atoms with van der Waals surface area (Å²) in [7, 11) is 0. The number of carbonyl (C=O) groups excluding carboxylic acids is 1. The van der Waals surface area contributed by atoms with Gasteiger partial charge in [-0.2, -0.15) is 0 Å². The van der Waals surface area contributed by atoms with Crippen molar-refractivity contribution in [3.8, 4) is 0 Å². The molecular weight excluding hydrogens is 252 g/mol. The highest BCUT2D eigenvalue weighted by molar-refractivity contribution is 5.96. The number of nitrogens with one attached hydrogen (secondary N) is 3. The number of hydrogen-bond acceptors (Lipinski definition) is 3. The average molecular weight is 270 g/mol. The summed E-state index contributed by atoms with van der Waals surface area (Å²) in [6.45, 7) is 2.38. The van der Waals surface area contributed by atoms with Crippen molar-refractivity contribution in [1.29, 1.82) is 0 Å². The Morgan fingerprint density at radius 3 is 3.20 bits per heavy atom. The van der Waals surface area contributed by atoms with Crippen LogP contribution in [0.2, 0.25) is 0 Å². The van der Waals surface area contributed by atoms with Gasteiger partial charge in [0.1, 0.15) is 5.82 Å². The van der Waals surface area contributed by atoms with Crippen LogP contribution in [0.5, 0.6) is 0 Å². The molecule has 0 unspecified atom stereocenters. The summed E-state index contributed by atoms with van der Waals surface area (Å²) in [6.07, 6.45) is 5.14. The third-order valence-corrected chi connectivity index (χ3v) is 3.59. The molecule has 0 fully saturated rings. The molecule has 104 valence electrons. The number of aromatic amines is 1. The maximum absolute atomic E-state index is 12.3.